The SMILES string of the molecule is COc1cc(NCc2ccccc2CN)ncn1. The van der Waals surface area contributed by atoms with Gasteiger partial charge in [-0.3, -0.25) is 0 Å². The average molecular weight is 244 g/mol. The van der Waals surface area contributed by atoms with Gasteiger partial charge >= 0.3 is 0 Å². The Kier molecular flexibility index (Phi) is 4.09. The van der Waals surface area contributed by atoms with Crippen LogP contribution in [0.2, 0.25) is 0 Å². The summed E-state index contributed by atoms with van der Waals surface area (Å²) in [7, 11) is 1.58. The smallest absolute Gasteiger partial charge is 0.218 e. The van der Waals surface area contributed by atoms with Crippen molar-refractivity contribution in [2.75, 3.05) is 12.4 Å². The van der Waals surface area contributed by atoms with Crippen LogP contribution < -0.4 is 15.8 Å². The van der Waals surface area contributed by atoms with E-state index in [2.05, 4.69) is 15.3 Å². The van der Waals surface area contributed by atoms with E-state index in [0.717, 1.165) is 16.9 Å². The molecule has 5 nitrogen and oxygen atoms in total. The van der Waals surface area contributed by atoms with Gasteiger partial charge in [0.2, 0.25) is 5.88 Å². The summed E-state index contributed by atoms with van der Waals surface area (Å²) in [5.41, 5.74) is 7.99. The van der Waals surface area contributed by atoms with E-state index < -0.39 is 0 Å². The van der Waals surface area contributed by atoms with Crippen molar-refractivity contribution in [1.82, 2.24) is 9.97 Å². The maximum Gasteiger partial charge on any atom is 0.218 e. The second-order valence-electron chi connectivity index (χ2n) is 3.77. The quantitative estimate of drug-likeness (QED) is 0.835. The van der Waals surface area contributed by atoms with Gasteiger partial charge in [-0.2, -0.15) is 0 Å². The summed E-state index contributed by atoms with van der Waals surface area (Å²) in [5, 5.41) is 3.22. The Balaban J connectivity index is 2.06. The zero-order valence-corrected chi connectivity index (χ0v) is 10.3. The largest absolute Gasteiger partial charge is 0.481 e. The van der Waals surface area contributed by atoms with Crippen LogP contribution in [0.1, 0.15) is 11.1 Å². The van der Waals surface area contributed by atoms with E-state index in [1.54, 1.807) is 13.2 Å². The third kappa shape index (κ3) is 2.95. The van der Waals surface area contributed by atoms with E-state index in [0.29, 0.717) is 19.0 Å². The van der Waals surface area contributed by atoms with Gasteiger partial charge in [0.05, 0.1) is 7.11 Å². The zero-order valence-electron chi connectivity index (χ0n) is 10.3. The van der Waals surface area contributed by atoms with Crippen LogP contribution in [0.25, 0.3) is 0 Å². The summed E-state index contributed by atoms with van der Waals surface area (Å²) in [6.45, 7) is 1.21. The molecule has 5 heteroatoms. The van der Waals surface area contributed by atoms with E-state index in [-0.39, 0.29) is 0 Å². The molecule has 0 atom stereocenters. The van der Waals surface area contributed by atoms with Gasteiger partial charge in [0, 0.05) is 19.2 Å². The predicted molar refractivity (Wildman–Crippen MR) is 70.2 cm³/mol. The van der Waals surface area contributed by atoms with Gasteiger partial charge in [-0.15, -0.1) is 0 Å². The van der Waals surface area contributed by atoms with Gasteiger partial charge in [0.1, 0.15) is 12.1 Å². The lowest BCUT2D eigenvalue weighted by Gasteiger charge is -2.09. The summed E-state index contributed by atoms with van der Waals surface area (Å²) in [6.07, 6.45) is 1.47. The Hall–Kier alpha value is -2.14. The first kappa shape index (κ1) is 12.3. The summed E-state index contributed by atoms with van der Waals surface area (Å²) < 4.78 is 5.04. The zero-order chi connectivity index (χ0) is 12.8. The molecule has 0 aliphatic carbocycles. The van der Waals surface area contributed by atoms with Crippen LogP contribution in [-0.4, -0.2) is 17.1 Å². The van der Waals surface area contributed by atoms with Gasteiger partial charge in [0.15, 0.2) is 0 Å². The van der Waals surface area contributed by atoms with Crippen molar-refractivity contribution in [1.29, 1.82) is 0 Å². The Bertz CT molecular complexity index is 516. The molecular formula is C13H16N4O. The molecule has 0 amide bonds. The van der Waals surface area contributed by atoms with Gasteiger partial charge in [0.25, 0.3) is 0 Å². The Morgan fingerprint density at radius 1 is 1.22 bits per heavy atom. The summed E-state index contributed by atoms with van der Waals surface area (Å²) in [6, 6.07) is 9.81. The topological polar surface area (TPSA) is 73.1 Å². The first-order valence-corrected chi connectivity index (χ1v) is 5.70. The van der Waals surface area contributed by atoms with E-state index in [4.69, 9.17) is 10.5 Å². The van der Waals surface area contributed by atoms with Gasteiger partial charge in [-0.25, -0.2) is 9.97 Å². The van der Waals surface area contributed by atoms with Crippen molar-refractivity contribution >= 4 is 5.82 Å². The molecule has 94 valence electrons. The van der Waals surface area contributed by atoms with E-state index in [1.165, 1.54) is 6.33 Å². The van der Waals surface area contributed by atoms with Crippen LogP contribution in [0.4, 0.5) is 5.82 Å². The van der Waals surface area contributed by atoms with Crippen molar-refractivity contribution in [3.8, 4) is 5.88 Å². The number of hydrogen-bond donors (Lipinski definition) is 2. The number of anilines is 1. The molecule has 2 rings (SSSR count). The highest BCUT2D eigenvalue weighted by Gasteiger charge is 2.01. The monoisotopic (exact) mass is 244 g/mol. The molecule has 0 saturated carbocycles. The number of hydrogen-bond acceptors (Lipinski definition) is 5. The highest BCUT2D eigenvalue weighted by Crippen LogP contribution is 2.13. The number of nitrogens with zero attached hydrogens (tertiary/aromatic N) is 2. The second kappa shape index (κ2) is 5.97. The highest BCUT2D eigenvalue weighted by molar-refractivity contribution is 5.39. The van der Waals surface area contributed by atoms with Crippen LogP contribution in [0.3, 0.4) is 0 Å². The number of methoxy groups -OCH3 is 1. The minimum atomic E-state index is 0.533. The van der Waals surface area contributed by atoms with Crippen molar-refractivity contribution < 1.29 is 4.74 Å². The Morgan fingerprint density at radius 2 is 2.00 bits per heavy atom. The number of benzene rings is 1. The van der Waals surface area contributed by atoms with Gasteiger partial charge in [-0.05, 0) is 11.1 Å². The molecule has 1 aromatic heterocycles. The summed E-state index contributed by atoms with van der Waals surface area (Å²) in [4.78, 5) is 8.08. The molecule has 0 saturated heterocycles. The predicted octanol–water partition coefficient (Wildman–Crippen LogP) is 1.56. The fourth-order valence-electron chi connectivity index (χ4n) is 1.66. The molecule has 0 aliphatic heterocycles. The highest BCUT2D eigenvalue weighted by atomic mass is 16.5. The minimum Gasteiger partial charge on any atom is -0.481 e. The first-order valence-electron chi connectivity index (χ1n) is 5.70. The molecule has 0 spiro atoms. The molecule has 0 radical (unpaired) electrons. The van der Waals surface area contributed by atoms with E-state index >= 15 is 0 Å². The molecule has 1 heterocycles. The lowest BCUT2D eigenvalue weighted by molar-refractivity contribution is 0.397. The third-order valence-corrected chi connectivity index (χ3v) is 2.65. The van der Waals surface area contributed by atoms with Gasteiger partial charge < -0.3 is 15.8 Å². The number of aromatic nitrogens is 2. The van der Waals surface area contributed by atoms with Crippen molar-refractivity contribution in [2.45, 2.75) is 13.1 Å². The summed E-state index contributed by atoms with van der Waals surface area (Å²) >= 11 is 0. The minimum absolute atomic E-state index is 0.533. The van der Waals surface area contributed by atoms with E-state index in [9.17, 15) is 0 Å². The fourth-order valence-corrected chi connectivity index (χ4v) is 1.66. The maximum absolute atomic E-state index is 5.69. The Morgan fingerprint density at radius 3 is 2.72 bits per heavy atom. The maximum atomic E-state index is 5.69. The van der Waals surface area contributed by atoms with Crippen molar-refractivity contribution in [3.05, 3.63) is 47.8 Å². The number of rotatable bonds is 5. The molecule has 1 aromatic carbocycles. The fraction of sp³-hybridized carbons (Fsp3) is 0.231. The molecule has 18 heavy (non-hydrogen) atoms. The van der Waals surface area contributed by atoms with Crippen molar-refractivity contribution in [2.24, 2.45) is 5.73 Å². The normalized spacial score (nSPS) is 10.1. The molecule has 0 aliphatic rings. The third-order valence-electron chi connectivity index (χ3n) is 2.65. The number of nitrogens with one attached hydrogen (secondary N) is 1. The van der Waals surface area contributed by atoms with E-state index in [1.807, 2.05) is 24.3 Å². The lowest BCUT2D eigenvalue weighted by Crippen LogP contribution is -2.07. The van der Waals surface area contributed by atoms with Crippen LogP contribution in [0.5, 0.6) is 5.88 Å². The summed E-state index contributed by atoms with van der Waals surface area (Å²) in [5.74, 6) is 1.27. The molecule has 0 unspecified atom stereocenters. The Labute approximate surface area is 106 Å². The number of ether oxygens (including phenoxy) is 1. The lowest BCUT2D eigenvalue weighted by atomic mass is 10.1. The van der Waals surface area contributed by atoms with Gasteiger partial charge in [-0.1, -0.05) is 24.3 Å². The van der Waals surface area contributed by atoms with Crippen LogP contribution in [0, 0.1) is 0 Å². The molecular weight excluding hydrogens is 228 g/mol. The molecule has 0 bridgehead atoms. The average Bonchev–Trinajstić information content (AvgIpc) is 2.45. The van der Waals surface area contributed by atoms with Crippen LogP contribution in [0.15, 0.2) is 36.7 Å². The first-order chi connectivity index (χ1) is 8.83. The molecule has 2 aromatic rings. The standard InChI is InChI=1S/C13H16N4O/c1-18-13-6-12(16-9-17-13)15-8-11-5-3-2-4-10(11)7-14/h2-6,9H,7-8,14H2,1H3,(H,15,16,17). The number of nitrogens with two attached hydrogens (primary N) is 1. The van der Waals surface area contributed by atoms with Crippen molar-refractivity contribution in [3.63, 3.8) is 0 Å². The van der Waals surface area contributed by atoms with Crippen LogP contribution in [-0.2, 0) is 13.1 Å². The molecule has 3 N–H and O–H groups in total. The second-order valence-corrected chi connectivity index (χ2v) is 3.77. The molecule has 0 fully saturated rings. The van der Waals surface area contributed by atoms with Crippen LogP contribution >= 0.6 is 0 Å².